The standard InChI is InChI=1S/C31H30F3N5O4S/c1-40-29-17-24-26(18-30(29)42-10-2-7-38-8-11-41-12-9-38)36-6-5-27(24)43-28-4-3-20(13-25(28)34)19-37-39(31(35)44)23-15-21(32)14-22(33)16-23/h3-6,13-19H,2,7-12H2,1H3,(H2,35,44). The normalized spacial score (nSPS) is 13.7. The van der Waals surface area contributed by atoms with Crippen LogP contribution in [0.1, 0.15) is 12.0 Å². The van der Waals surface area contributed by atoms with Gasteiger partial charge in [0.2, 0.25) is 0 Å². The second kappa shape index (κ2) is 14.3. The molecule has 0 atom stereocenters. The largest absolute Gasteiger partial charge is 0.493 e. The molecule has 1 saturated heterocycles. The smallest absolute Gasteiger partial charge is 0.191 e. The van der Waals surface area contributed by atoms with Gasteiger partial charge in [-0.05, 0) is 66.7 Å². The minimum Gasteiger partial charge on any atom is -0.493 e. The van der Waals surface area contributed by atoms with Gasteiger partial charge in [0.1, 0.15) is 17.4 Å². The summed E-state index contributed by atoms with van der Waals surface area (Å²) in [6.45, 7) is 4.76. The zero-order valence-corrected chi connectivity index (χ0v) is 24.7. The Labute approximate surface area is 257 Å². The molecular formula is C31H30F3N5O4S. The molecule has 1 aliphatic rings. The van der Waals surface area contributed by atoms with Crippen molar-refractivity contribution in [1.82, 2.24) is 9.88 Å². The fraction of sp³-hybridized carbons (Fsp3) is 0.258. The average molecular weight is 626 g/mol. The van der Waals surface area contributed by atoms with Crippen molar-refractivity contribution < 1.29 is 32.1 Å². The van der Waals surface area contributed by atoms with E-state index in [1.807, 2.05) is 0 Å². The first-order valence-corrected chi connectivity index (χ1v) is 14.2. The van der Waals surface area contributed by atoms with E-state index >= 15 is 4.39 Å². The molecule has 44 heavy (non-hydrogen) atoms. The Morgan fingerprint density at radius 3 is 2.50 bits per heavy atom. The molecule has 1 aliphatic heterocycles. The maximum Gasteiger partial charge on any atom is 0.191 e. The monoisotopic (exact) mass is 625 g/mol. The van der Waals surface area contributed by atoms with Crippen molar-refractivity contribution in [3.8, 4) is 23.0 Å². The van der Waals surface area contributed by atoms with E-state index in [0.29, 0.717) is 46.4 Å². The highest BCUT2D eigenvalue weighted by Gasteiger charge is 2.16. The van der Waals surface area contributed by atoms with Crippen molar-refractivity contribution >= 4 is 40.1 Å². The second-order valence-electron chi connectivity index (χ2n) is 9.80. The number of benzene rings is 3. The number of rotatable bonds is 11. The van der Waals surface area contributed by atoms with Crippen LogP contribution in [0.2, 0.25) is 0 Å². The number of nitrogens with zero attached hydrogens (tertiary/aromatic N) is 4. The van der Waals surface area contributed by atoms with Gasteiger partial charge in [-0.3, -0.25) is 9.88 Å². The highest BCUT2D eigenvalue weighted by Crippen LogP contribution is 2.37. The minimum atomic E-state index is -0.825. The highest BCUT2D eigenvalue weighted by molar-refractivity contribution is 7.80. The number of nitrogens with two attached hydrogens (primary N) is 1. The van der Waals surface area contributed by atoms with Crippen LogP contribution in [0.3, 0.4) is 0 Å². The number of methoxy groups -OCH3 is 1. The maximum absolute atomic E-state index is 15.1. The van der Waals surface area contributed by atoms with Crippen LogP contribution in [0.15, 0.2) is 65.9 Å². The summed E-state index contributed by atoms with van der Waals surface area (Å²) in [5, 5.41) is 5.38. The van der Waals surface area contributed by atoms with Gasteiger partial charge in [0, 0.05) is 43.4 Å². The van der Waals surface area contributed by atoms with Crippen LogP contribution < -0.4 is 25.0 Å². The highest BCUT2D eigenvalue weighted by atomic mass is 32.1. The van der Waals surface area contributed by atoms with Crippen LogP contribution in [0, 0.1) is 17.5 Å². The van der Waals surface area contributed by atoms with Gasteiger partial charge < -0.3 is 24.7 Å². The topological polar surface area (TPSA) is 94.7 Å². The molecule has 230 valence electrons. The Morgan fingerprint density at radius 2 is 1.80 bits per heavy atom. The number of aromatic nitrogens is 1. The summed E-state index contributed by atoms with van der Waals surface area (Å²) in [4.78, 5) is 6.77. The summed E-state index contributed by atoms with van der Waals surface area (Å²) in [7, 11) is 1.54. The third-order valence-corrected chi connectivity index (χ3v) is 6.94. The molecule has 2 N–H and O–H groups in total. The molecule has 1 aromatic heterocycles. The van der Waals surface area contributed by atoms with Crippen LogP contribution in [-0.2, 0) is 4.74 Å². The third kappa shape index (κ3) is 7.73. The molecule has 1 fully saturated rings. The summed E-state index contributed by atoms with van der Waals surface area (Å²) in [5.41, 5.74) is 6.57. The summed E-state index contributed by atoms with van der Waals surface area (Å²) >= 11 is 4.96. The number of hydrogen-bond donors (Lipinski definition) is 1. The van der Waals surface area contributed by atoms with Crippen LogP contribution in [-0.4, -0.2) is 67.8 Å². The molecule has 0 bridgehead atoms. The van der Waals surface area contributed by atoms with E-state index in [1.54, 1.807) is 37.6 Å². The fourth-order valence-corrected chi connectivity index (χ4v) is 4.77. The molecule has 9 nitrogen and oxygen atoms in total. The van der Waals surface area contributed by atoms with Gasteiger partial charge in [0.05, 0.1) is 44.3 Å². The molecule has 0 radical (unpaired) electrons. The van der Waals surface area contributed by atoms with E-state index < -0.39 is 17.5 Å². The molecule has 0 unspecified atom stereocenters. The predicted octanol–water partition coefficient (Wildman–Crippen LogP) is 5.64. The van der Waals surface area contributed by atoms with E-state index in [1.165, 1.54) is 18.3 Å². The van der Waals surface area contributed by atoms with Crippen molar-refractivity contribution in [2.75, 3.05) is 51.6 Å². The molecule has 0 saturated carbocycles. The molecular weight excluding hydrogens is 595 g/mol. The number of thiocarbonyl (C=S) groups is 1. The maximum atomic E-state index is 15.1. The van der Waals surface area contributed by atoms with Gasteiger partial charge >= 0.3 is 0 Å². The molecule has 13 heteroatoms. The summed E-state index contributed by atoms with van der Waals surface area (Å²) in [6, 6.07) is 12.1. The first-order chi connectivity index (χ1) is 21.3. The minimum absolute atomic E-state index is 0.0202. The number of halogens is 3. The fourth-order valence-electron chi connectivity index (χ4n) is 4.62. The van der Waals surface area contributed by atoms with Crippen molar-refractivity contribution in [2.24, 2.45) is 10.8 Å². The van der Waals surface area contributed by atoms with Crippen molar-refractivity contribution in [1.29, 1.82) is 0 Å². The summed E-state index contributed by atoms with van der Waals surface area (Å²) in [6.07, 6.45) is 3.66. The first kappa shape index (κ1) is 31.0. The molecule has 0 spiro atoms. The zero-order chi connectivity index (χ0) is 31.1. The Hall–Kier alpha value is -4.46. The Morgan fingerprint density at radius 1 is 1.02 bits per heavy atom. The van der Waals surface area contributed by atoms with Crippen molar-refractivity contribution in [3.05, 3.63) is 83.8 Å². The SMILES string of the molecule is COc1cc2c(Oc3ccc(C=NN(C(N)=S)c4cc(F)cc(F)c4)cc3F)ccnc2cc1OCCCN1CCOCC1. The molecule has 4 aromatic rings. The summed E-state index contributed by atoms with van der Waals surface area (Å²) < 4.78 is 65.4. The van der Waals surface area contributed by atoms with Crippen LogP contribution >= 0.6 is 12.2 Å². The van der Waals surface area contributed by atoms with Crippen molar-refractivity contribution in [2.45, 2.75) is 6.42 Å². The Balaban J connectivity index is 1.29. The predicted molar refractivity (Wildman–Crippen MR) is 165 cm³/mol. The third-order valence-electron chi connectivity index (χ3n) is 6.77. The van der Waals surface area contributed by atoms with Crippen LogP contribution in [0.25, 0.3) is 10.9 Å². The van der Waals surface area contributed by atoms with Gasteiger partial charge in [-0.15, -0.1) is 0 Å². The van der Waals surface area contributed by atoms with Gasteiger partial charge in [0.25, 0.3) is 0 Å². The number of ether oxygens (including phenoxy) is 4. The van der Waals surface area contributed by atoms with Crippen molar-refractivity contribution in [3.63, 3.8) is 0 Å². The lowest BCUT2D eigenvalue weighted by Crippen LogP contribution is -2.37. The van der Waals surface area contributed by atoms with Crippen LogP contribution in [0.5, 0.6) is 23.0 Å². The van der Waals surface area contributed by atoms with E-state index in [9.17, 15) is 8.78 Å². The van der Waals surface area contributed by atoms with Gasteiger partial charge in [-0.25, -0.2) is 18.2 Å². The lowest BCUT2D eigenvalue weighted by molar-refractivity contribution is 0.0357. The average Bonchev–Trinajstić information content (AvgIpc) is 3.00. The lowest BCUT2D eigenvalue weighted by atomic mass is 10.1. The quantitative estimate of drug-likeness (QED) is 0.0984. The second-order valence-corrected chi connectivity index (χ2v) is 10.2. The Bertz CT molecular complexity index is 1650. The number of hydrazone groups is 1. The number of pyridine rings is 1. The zero-order valence-electron chi connectivity index (χ0n) is 23.8. The van der Waals surface area contributed by atoms with Crippen LogP contribution in [0.4, 0.5) is 18.9 Å². The van der Waals surface area contributed by atoms with E-state index in [0.717, 1.165) is 56.4 Å². The van der Waals surface area contributed by atoms with E-state index in [2.05, 4.69) is 15.0 Å². The number of fused-ring (bicyclic) bond motifs is 1. The number of anilines is 1. The molecule has 5 rings (SSSR count). The van der Waals surface area contributed by atoms with E-state index in [-0.39, 0.29) is 16.5 Å². The van der Waals surface area contributed by atoms with Gasteiger partial charge in [-0.1, -0.05) is 0 Å². The Kier molecular flexibility index (Phi) is 10.1. The molecule has 0 amide bonds. The van der Waals surface area contributed by atoms with E-state index in [4.69, 9.17) is 36.9 Å². The summed E-state index contributed by atoms with van der Waals surface area (Å²) in [5.74, 6) is -0.967. The lowest BCUT2D eigenvalue weighted by Gasteiger charge is -2.26. The molecule has 2 heterocycles. The van der Waals surface area contributed by atoms with Gasteiger partial charge in [0.15, 0.2) is 28.2 Å². The molecule has 3 aromatic carbocycles. The molecule has 0 aliphatic carbocycles. The van der Waals surface area contributed by atoms with Gasteiger partial charge in [-0.2, -0.15) is 5.10 Å². The first-order valence-electron chi connectivity index (χ1n) is 13.8. The number of morpholine rings is 1. The number of hydrogen-bond acceptors (Lipinski definition) is 8.